The van der Waals surface area contributed by atoms with Gasteiger partial charge in [-0.15, -0.1) is 0 Å². The molecule has 3 amide bonds. The molecule has 0 radical (unpaired) electrons. The maximum absolute atomic E-state index is 13.5. The lowest BCUT2D eigenvalue weighted by Gasteiger charge is -2.36. The van der Waals surface area contributed by atoms with Gasteiger partial charge in [0.15, 0.2) is 11.5 Å². The Morgan fingerprint density at radius 1 is 1.02 bits per heavy atom. The van der Waals surface area contributed by atoms with Gasteiger partial charge in [-0.25, -0.2) is 4.39 Å². The van der Waals surface area contributed by atoms with E-state index in [1.165, 1.54) is 19.2 Å². The van der Waals surface area contributed by atoms with Crippen LogP contribution in [0.1, 0.15) is 11.1 Å². The highest BCUT2D eigenvalue weighted by Gasteiger charge is 2.37. The van der Waals surface area contributed by atoms with Crippen LogP contribution in [0.3, 0.4) is 0 Å². The van der Waals surface area contributed by atoms with E-state index in [2.05, 4.69) is 20.8 Å². The summed E-state index contributed by atoms with van der Waals surface area (Å²) in [6.07, 6.45) is 1.58. The van der Waals surface area contributed by atoms with Crippen LogP contribution >= 0.6 is 27.7 Å². The predicted octanol–water partition coefficient (Wildman–Crippen LogP) is 5.56. The Morgan fingerprint density at radius 3 is 2.49 bits per heavy atom. The number of para-hydroxylation sites is 1. The fourth-order valence-corrected chi connectivity index (χ4v) is 6.03. The van der Waals surface area contributed by atoms with Gasteiger partial charge in [0.05, 0.1) is 16.5 Å². The standard InChI is InChI=1S/C30H27BrFN3O5S/c1-39-25-16-21(15-24(31)28(25)40-19-20-6-5-7-22(32)14-20)17-26-29(37)35(30(38)41-26)18-27(36)34-12-10-33(11-13-34)23-8-3-2-4-9-23/h2-9,14-17H,10-13,18-19H2,1H3/b26-17+. The molecule has 0 spiro atoms. The molecule has 2 fully saturated rings. The van der Waals surface area contributed by atoms with Crippen molar-refractivity contribution in [3.63, 3.8) is 0 Å². The van der Waals surface area contributed by atoms with E-state index in [-0.39, 0.29) is 29.8 Å². The normalized spacial score (nSPS) is 16.5. The van der Waals surface area contributed by atoms with Crippen LogP contribution in [-0.4, -0.2) is 66.7 Å². The van der Waals surface area contributed by atoms with Gasteiger partial charge in [0.2, 0.25) is 5.91 Å². The number of hydrogen-bond donors (Lipinski definition) is 0. The number of anilines is 1. The van der Waals surface area contributed by atoms with Crippen molar-refractivity contribution in [3.8, 4) is 11.5 Å². The lowest BCUT2D eigenvalue weighted by molar-refractivity contribution is -0.136. The van der Waals surface area contributed by atoms with Crippen LogP contribution in [0, 0.1) is 5.82 Å². The molecule has 11 heteroatoms. The van der Waals surface area contributed by atoms with Crippen molar-refractivity contribution in [1.82, 2.24) is 9.80 Å². The number of carbonyl (C=O) groups excluding carboxylic acids is 3. The second kappa shape index (κ2) is 12.8. The molecule has 2 heterocycles. The Hall–Kier alpha value is -3.83. The van der Waals surface area contributed by atoms with Crippen LogP contribution in [0.25, 0.3) is 6.08 Å². The third-order valence-corrected chi connectivity index (χ3v) is 8.24. The highest BCUT2D eigenvalue weighted by molar-refractivity contribution is 9.10. The molecule has 0 aromatic heterocycles. The van der Waals surface area contributed by atoms with Crippen molar-refractivity contribution in [2.24, 2.45) is 0 Å². The highest BCUT2D eigenvalue weighted by Crippen LogP contribution is 2.39. The van der Waals surface area contributed by atoms with Gasteiger partial charge in [-0.3, -0.25) is 19.3 Å². The van der Waals surface area contributed by atoms with Gasteiger partial charge in [-0.05, 0) is 81.3 Å². The number of thioether (sulfide) groups is 1. The Labute approximate surface area is 249 Å². The predicted molar refractivity (Wildman–Crippen MR) is 159 cm³/mol. The van der Waals surface area contributed by atoms with E-state index >= 15 is 0 Å². The van der Waals surface area contributed by atoms with Crippen molar-refractivity contribution in [2.75, 3.05) is 44.7 Å². The number of benzene rings is 3. The van der Waals surface area contributed by atoms with Gasteiger partial charge in [0.25, 0.3) is 11.1 Å². The molecule has 0 atom stereocenters. The number of amides is 3. The number of imide groups is 1. The molecule has 2 aliphatic heterocycles. The number of nitrogens with zero attached hydrogens (tertiary/aromatic N) is 3. The molecule has 3 aromatic rings. The molecule has 2 aliphatic rings. The molecule has 0 bridgehead atoms. The summed E-state index contributed by atoms with van der Waals surface area (Å²) in [6.45, 7) is 2.21. The van der Waals surface area contributed by atoms with Gasteiger partial charge in [-0.2, -0.15) is 0 Å². The first kappa shape index (κ1) is 28.7. The lowest BCUT2D eigenvalue weighted by atomic mass is 10.1. The molecule has 0 saturated carbocycles. The van der Waals surface area contributed by atoms with Crippen molar-refractivity contribution in [2.45, 2.75) is 6.61 Å². The SMILES string of the molecule is COc1cc(/C=C2/SC(=O)N(CC(=O)N3CCN(c4ccccc4)CC3)C2=O)cc(Br)c1OCc1cccc(F)c1. The van der Waals surface area contributed by atoms with Crippen LogP contribution in [0.4, 0.5) is 14.9 Å². The number of rotatable bonds is 8. The number of hydrogen-bond acceptors (Lipinski definition) is 7. The minimum Gasteiger partial charge on any atom is -0.493 e. The van der Waals surface area contributed by atoms with Crippen molar-refractivity contribution >= 4 is 56.5 Å². The van der Waals surface area contributed by atoms with Crippen LogP contribution in [0.2, 0.25) is 0 Å². The summed E-state index contributed by atoms with van der Waals surface area (Å²) in [5.74, 6) is -0.317. The van der Waals surface area contributed by atoms with E-state index in [0.717, 1.165) is 22.3 Å². The smallest absolute Gasteiger partial charge is 0.294 e. The van der Waals surface area contributed by atoms with E-state index in [0.29, 0.717) is 53.3 Å². The third kappa shape index (κ3) is 6.74. The topological polar surface area (TPSA) is 79.4 Å². The first-order chi connectivity index (χ1) is 19.8. The zero-order valence-electron chi connectivity index (χ0n) is 22.2. The summed E-state index contributed by atoms with van der Waals surface area (Å²) in [7, 11) is 1.49. The van der Waals surface area contributed by atoms with Crippen molar-refractivity contribution < 1.29 is 28.2 Å². The largest absolute Gasteiger partial charge is 0.493 e. The monoisotopic (exact) mass is 639 g/mol. The molecule has 2 saturated heterocycles. The van der Waals surface area contributed by atoms with Gasteiger partial charge in [0, 0.05) is 31.9 Å². The minimum absolute atomic E-state index is 0.125. The number of ether oxygens (including phenoxy) is 2. The van der Waals surface area contributed by atoms with Gasteiger partial charge >= 0.3 is 0 Å². The van der Waals surface area contributed by atoms with Gasteiger partial charge < -0.3 is 19.3 Å². The van der Waals surface area contributed by atoms with E-state index in [9.17, 15) is 18.8 Å². The summed E-state index contributed by atoms with van der Waals surface area (Å²) in [4.78, 5) is 43.9. The van der Waals surface area contributed by atoms with Crippen molar-refractivity contribution in [3.05, 3.63) is 93.1 Å². The highest BCUT2D eigenvalue weighted by atomic mass is 79.9. The number of piperazine rings is 1. The average molecular weight is 641 g/mol. The third-order valence-electron chi connectivity index (χ3n) is 6.74. The maximum Gasteiger partial charge on any atom is 0.294 e. The second-order valence-corrected chi connectivity index (χ2v) is 11.3. The molecule has 0 N–H and O–H groups in total. The molecule has 0 unspecified atom stereocenters. The van der Waals surface area contributed by atoms with Crippen molar-refractivity contribution in [1.29, 1.82) is 0 Å². The first-order valence-electron chi connectivity index (χ1n) is 12.9. The summed E-state index contributed by atoms with van der Waals surface area (Å²) in [6, 6.07) is 19.5. The molecule has 3 aromatic carbocycles. The van der Waals surface area contributed by atoms with Crippen LogP contribution < -0.4 is 14.4 Å². The quantitative estimate of drug-likeness (QED) is 0.299. The van der Waals surface area contributed by atoms with E-state index in [1.807, 2.05) is 30.3 Å². The lowest BCUT2D eigenvalue weighted by Crippen LogP contribution is -2.51. The fraction of sp³-hybridized carbons (Fsp3) is 0.233. The van der Waals surface area contributed by atoms with E-state index in [1.54, 1.807) is 35.2 Å². The van der Waals surface area contributed by atoms with Crippen LogP contribution in [0.15, 0.2) is 76.1 Å². The summed E-state index contributed by atoms with van der Waals surface area (Å²) in [5.41, 5.74) is 2.36. The summed E-state index contributed by atoms with van der Waals surface area (Å²) < 4.78 is 25.4. The van der Waals surface area contributed by atoms with E-state index in [4.69, 9.17) is 9.47 Å². The summed E-state index contributed by atoms with van der Waals surface area (Å²) in [5, 5.41) is -0.487. The molecule has 41 heavy (non-hydrogen) atoms. The minimum atomic E-state index is -0.516. The Bertz CT molecular complexity index is 1490. The fourth-order valence-electron chi connectivity index (χ4n) is 4.62. The molecular weight excluding hydrogens is 613 g/mol. The van der Waals surface area contributed by atoms with E-state index < -0.39 is 11.1 Å². The average Bonchev–Trinajstić information content (AvgIpc) is 3.24. The van der Waals surface area contributed by atoms with Gasteiger partial charge in [0.1, 0.15) is 19.0 Å². The molecular formula is C30H27BrFN3O5S. The zero-order valence-corrected chi connectivity index (χ0v) is 24.6. The van der Waals surface area contributed by atoms with Gasteiger partial charge in [-0.1, -0.05) is 30.3 Å². The molecule has 5 rings (SSSR count). The molecule has 212 valence electrons. The second-order valence-electron chi connectivity index (χ2n) is 9.42. The Kier molecular flexibility index (Phi) is 8.94. The Balaban J connectivity index is 1.22. The number of halogens is 2. The zero-order chi connectivity index (χ0) is 28.9. The number of carbonyl (C=O) groups is 3. The van der Waals surface area contributed by atoms with Crippen LogP contribution in [-0.2, 0) is 16.2 Å². The van der Waals surface area contributed by atoms with Crippen LogP contribution in [0.5, 0.6) is 11.5 Å². The maximum atomic E-state index is 13.5. The summed E-state index contributed by atoms with van der Waals surface area (Å²) >= 11 is 4.27. The molecule has 8 nitrogen and oxygen atoms in total. The number of methoxy groups -OCH3 is 1. The first-order valence-corrected chi connectivity index (χ1v) is 14.5. The molecule has 0 aliphatic carbocycles. The Morgan fingerprint density at radius 2 is 1.78 bits per heavy atom.